The van der Waals surface area contributed by atoms with E-state index in [4.69, 9.17) is 4.74 Å². The normalized spacial score (nSPS) is 17.9. The maximum Gasteiger partial charge on any atom is 0.416 e. The molecule has 3 aromatic rings. The first-order valence-electron chi connectivity index (χ1n) is 14.2. The summed E-state index contributed by atoms with van der Waals surface area (Å²) in [4.78, 5) is 29.0. The number of aliphatic hydroxyl groups excluding tert-OH is 1. The molecule has 1 aliphatic heterocycles. The number of carbonyl (C=O) groups excluding carboxylic acids is 2. The largest absolute Gasteiger partial charge is 0.488 e. The van der Waals surface area contributed by atoms with Gasteiger partial charge in [0.15, 0.2) is 0 Å². The number of sulfonamides is 1. The first kappa shape index (κ1) is 34.5. The highest BCUT2D eigenvalue weighted by molar-refractivity contribution is 7.92. The van der Waals surface area contributed by atoms with E-state index in [-0.39, 0.29) is 60.0 Å². The molecule has 15 heteroatoms. The molecule has 248 valence electrons. The first-order valence-corrected chi connectivity index (χ1v) is 15.7. The summed E-state index contributed by atoms with van der Waals surface area (Å²) in [5.74, 6) is -1.04. The Balaban J connectivity index is 1.58. The topological polar surface area (TPSA) is 128 Å². The van der Waals surface area contributed by atoms with E-state index in [2.05, 4.69) is 10.0 Å². The minimum absolute atomic E-state index is 0.00155. The van der Waals surface area contributed by atoms with Crippen LogP contribution in [0.5, 0.6) is 5.75 Å². The number of carbonyl (C=O) groups is 2. The quantitative estimate of drug-likeness (QED) is 0.292. The molecule has 10 nitrogen and oxygen atoms in total. The van der Waals surface area contributed by atoms with Gasteiger partial charge in [0.25, 0.3) is 10.0 Å². The average molecular weight is 667 g/mol. The lowest BCUT2D eigenvalue weighted by molar-refractivity contribution is -0.137. The summed E-state index contributed by atoms with van der Waals surface area (Å²) in [5, 5.41) is 12.4. The first-order chi connectivity index (χ1) is 21.6. The predicted molar refractivity (Wildman–Crippen MR) is 162 cm³/mol. The zero-order valence-electron chi connectivity index (χ0n) is 25.2. The number of benzene rings is 3. The van der Waals surface area contributed by atoms with Gasteiger partial charge in [0.05, 0.1) is 36.1 Å². The lowest BCUT2D eigenvalue weighted by Gasteiger charge is -2.34. The zero-order chi connectivity index (χ0) is 33.8. The molecule has 0 aliphatic carbocycles. The highest BCUT2D eigenvalue weighted by Crippen LogP contribution is 2.31. The number of rotatable bonds is 8. The second-order valence-corrected chi connectivity index (χ2v) is 12.8. The molecule has 3 N–H and O–H groups in total. The number of hydrogen-bond donors (Lipinski definition) is 3. The summed E-state index contributed by atoms with van der Waals surface area (Å²) in [6.07, 6.45) is -5.41. The van der Waals surface area contributed by atoms with Crippen LogP contribution < -0.4 is 14.8 Å². The van der Waals surface area contributed by atoms with Gasteiger partial charge >= 0.3 is 12.2 Å². The van der Waals surface area contributed by atoms with Crippen LogP contribution in [0.2, 0.25) is 0 Å². The van der Waals surface area contributed by atoms with Crippen molar-refractivity contribution >= 4 is 33.3 Å². The number of urea groups is 1. The van der Waals surface area contributed by atoms with Crippen molar-refractivity contribution < 1.29 is 45.4 Å². The van der Waals surface area contributed by atoms with Crippen LogP contribution in [0.4, 0.5) is 33.7 Å². The van der Waals surface area contributed by atoms with Crippen molar-refractivity contribution in [3.8, 4) is 5.75 Å². The number of nitrogens with zero attached hydrogens (tertiary/aromatic N) is 2. The van der Waals surface area contributed by atoms with Gasteiger partial charge in [-0.05, 0) is 73.7 Å². The fourth-order valence-corrected chi connectivity index (χ4v) is 5.90. The molecule has 3 atom stereocenters. The Kier molecular flexibility index (Phi) is 10.5. The summed E-state index contributed by atoms with van der Waals surface area (Å²) < 4.78 is 86.7. The lowest BCUT2D eigenvalue weighted by atomic mass is 10.0. The molecule has 3 aromatic carbocycles. The molecular formula is C31H34F4N4O6S. The fourth-order valence-electron chi connectivity index (χ4n) is 4.85. The maximum atomic E-state index is 13.4. The van der Waals surface area contributed by atoms with E-state index in [9.17, 15) is 40.7 Å². The number of hydrogen-bond acceptors (Lipinski definition) is 6. The number of alkyl halides is 3. The summed E-state index contributed by atoms with van der Waals surface area (Å²) >= 11 is 0. The summed E-state index contributed by atoms with van der Waals surface area (Å²) in [6, 6.07) is 11.5. The molecule has 1 aliphatic rings. The molecule has 0 fully saturated rings. The summed E-state index contributed by atoms with van der Waals surface area (Å²) in [7, 11) is -2.61. The number of fused-ring (bicyclic) bond motifs is 1. The Bertz CT molecular complexity index is 1650. The third kappa shape index (κ3) is 8.46. The van der Waals surface area contributed by atoms with Crippen molar-refractivity contribution in [1.82, 2.24) is 9.80 Å². The Morgan fingerprint density at radius 1 is 1.09 bits per heavy atom. The van der Waals surface area contributed by atoms with E-state index in [0.29, 0.717) is 5.56 Å². The van der Waals surface area contributed by atoms with Gasteiger partial charge in [-0.2, -0.15) is 13.2 Å². The smallest absolute Gasteiger partial charge is 0.416 e. The van der Waals surface area contributed by atoms with E-state index in [0.717, 1.165) is 48.5 Å². The molecule has 0 saturated heterocycles. The maximum absolute atomic E-state index is 13.4. The van der Waals surface area contributed by atoms with Gasteiger partial charge in [0.2, 0.25) is 5.91 Å². The summed E-state index contributed by atoms with van der Waals surface area (Å²) in [5.41, 5.74) is -0.232. The fraction of sp³-hybridized carbons (Fsp3) is 0.355. The Morgan fingerprint density at radius 2 is 1.72 bits per heavy atom. The SMILES string of the molecule is C[C@H]1CN([C@@H](C)CO)C(=O)Cc2cc(NS(=O)(=O)c3ccc(F)cc3)ccc2O[C@@H]1CN(C)C(=O)Nc1ccc(C(F)(F)F)cc1. The molecule has 4 rings (SSSR count). The van der Waals surface area contributed by atoms with Crippen molar-refractivity contribution in [3.63, 3.8) is 0 Å². The number of halogens is 4. The van der Waals surface area contributed by atoms with E-state index >= 15 is 0 Å². The number of ether oxygens (including phenoxy) is 1. The highest BCUT2D eigenvalue weighted by Gasteiger charge is 2.33. The van der Waals surface area contributed by atoms with Crippen LogP contribution >= 0.6 is 0 Å². The van der Waals surface area contributed by atoms with Gasteiger partial charge in [-0.3, -0.25) is 9.52 Å². The van der Waals surface area contributed by atoms with Crippen LogP contribution in [-0.2, 0) is 27.4 Å². The van der Waals surface area contributed by atoms with Gasteiger partial charge in [-0.25, -0.2) is 17.6 Å². The number of amides is 3. The molecule has 46 heavy (non-hydrogen) atoms. The Labute approximate surface area is 264 Å². The van der Waals surface area contributed by atoms with Gasteiger partial charge in [-0.15, -0.1) is 0 Å². The molecule has 0 bridgehead atoms. The number of nitrogens with one attached hydrogen (secondary N) is 2. The molecule has 0 saturated carbocycles. The lowest BCUT2D eigenvalue weighted by Crippen LogP contribution is -2.48. The molecule has 0 radical (unpaired) electrons. The van der Waals surface area contributed by atoms with E-state index in [1.54, 1.807) is 6.92 Å². The highest BCUT2D eigenvalue weighted by atomic mass is 32.2. The van der Waals surface area contributed by atoms with E-state index in [1.807, 2.05) is 6.92 Å². The second kappa shape index (κ2) is 14.0. The summed E-state index contributed by atoms with van der Waals surface area (Å²) in [6.45, 7) is 3.34. The molecule has 3 amide bonds. The van der Waals surface area contributed by atoms with Crippen LogP contribution in [-0.4, -0.2) is 74.2 Å². The molecule has 0 spiro atoms. The minimum Gasteiger partial charge on any atom is -0.488 e. The molecule has 1 heterocycles. The number of likely N-dealkylation sites (N-methyl/N-ethyl adjacent to an activating group) is 1. The monoisotopic (exact) mass is 666 g/mol. The van der Waals surface area contributed by atoms with Gasteiger partial charge in [0.1, 0.15) is 17.7 Å². The van der Waals surface area contributed by atoms with Gasteiger partial charge in [0, 0.05) is 36.4 Å². The van der Waals surface area contributed by atoms with E-state index < -0.39 is 45.8 Å². The van der Waals surface area contributed by atoms with Crippen LogP contribution in [0.15, 0.2) is 71.6 Å². The molecular weight excluding hydrogens is 632 g/mol. The van der Waals surface area contributed by atoms with Crippen molar-refractivity contribution in [3.05, 3.63) is 83.7 Å². The van der Waals surface area contributed by atoms with Crippen LogP contribution in [0.1, 0.15) is 25.0 Å². The minimum atomic E-state index is -4.52. The standard InChI is InChI=1S/C31H34F4N4O6S/c1-19-16-39(20(2)18-40)29(41)15-21-14-25(37-46(43,44)26-11-6-23(32)7-12-26)10-13-27(21)45-28(19)17-38(3)30(42)36-24-8-4-22(5-9-24)31(33,34)35/h4-14,19-20,28,37,40H,15-18H2,1-3H3,(H,36,42)/t19-,20-,28+/m0/s1. The van der Waals surface area contributed by atoms with Crippen molar-refractivity contribution in [1.29, 1.82) is 0 Å². The predicted octanol–water partition coefficient (Wildman–Crippen LogP) is 4.96. The number of anilines is 2. The van der Waals surface area contributed by atoms with Crippen molar-refractivity contribution in [2.45, 2.75) is 43.5 Å². The second-order valence-electron chi connectivity index (χ2n) is 11.2. The third-order valence-corrected chi connectivity index (χ3v) is 8.95. The Hall–Kier alpha value is -4.37. The van der Waals surface area contributed by atoms with Crippen molar-refractivity contribution in [2.75, 3.05) is 36.8 Å². The Morgan fingerprint density at radius 3 is 2.33 bits per heavy atom. The van der Waals surface area contributed by atoms with E-state index in [1.165, 1.54) is 35.0 Å². The van der Waals surface area contributed by atoms with Crippen LogP contribution in [0.25, 0.3) is 0 Å². The average Bonchev–Trinajstić information content (AvgIpc) is 3.04. The van der Waals surface area contributed by atoms with Crippen LogP contribution in [0, 0.1) is 11.7 Å². The van der Waals surface area contributed by atoms with Gasteiger partial charge in [-0.1, -0.05) is 6.92 Å². The van der Waals surface area contributed by atoms with Gasteiger partial charge < -0.3 is 25.0 Å². The molecule has 0 aromatic heterocycles. The van der Waals surface area contributed by atoms with Crippen LogP contribution in [0.3, 0.4) is 0 Å². The molecule has 0 unspecified atom stereocenters. The zero-order valence-corrected chi connectivity index (χ0v) is 26.0. The number of aliphatic hydroxyl groups is 1. The van der Waals surface area contributed by atoms with Crippen molar-refractivity contribution in [2.24, 2.45) is 5.92 Å². The third-order valence-electron chi connectivity index (χ3n) is 7.56.